The van der Waals surface area contributed by atoms with Crippen LogP contribution in [0.5, 0.6) is 0 Å². The number of sulfone groups is 1. The molecule has 1 rings (SSSR count). The Morgan fingerprint density at radius 3 is 2.79 bits per heavy atom. The van der Waals surface area contributed by atoms with Gasteiger partial charge in [-0.1, -0.05) is 0 Å². The lowest BCUT2D eigenvalue weighted by Crippen LogP contribution is -2.43. The average Bonchev–Trinajstić information content (AvgIpc) is 2.01. The van der Waals surface area contributed by atoms with Crippen LogP contribution in [0.3, 0.4) is 0 Å². The van der Waals surface area contributed by atoms with Gasteiger partial charge in [-0.15, -0.1) is 0 Å². The number of hydrogen-bond donors (Lipinski definition) is 1. The van der Waals surface area contributed by atoms with Gasteiger partial charge in [0.15, 0.2) is 0 Å². The Labute approximate surface area is 86.4 Å². The van der Waals surface area contributed by atoms with Gasteiger partial charge in [-0.05, 0) is 32.4 Å². The Morgan fingerprint density at radius 1 is 1.50 bits per heavy atom. The minimum Gasteiger partial charge on any atom is -0.327 e. The molecule has 84 valence electrons. The smallest absolute Gasteiger partial charge is 0.147 e. The number of likely N-dealkylation sites (tertiary alicyclic amines) is 1. The Morgan fingerprint density at radius 2 is 2.21 bits per heavy atom. The molecule has 2 N–H and O–H groups in total. The summed E-state index contributed by atoms with van der Waals surface area (Å²) < 4.78 is 21.8. The predicted octanol–water partition coefficient (Wildman–Crippen LogP) is -0.156. The van der Waals surface area contributed by atoms with Gasteiger partial charge in [0.05, 0.1) is 5.75 Å². The van der Waals surface area contributed by atoms with Crippen molar-refractivity contribution < 1.29 is 8.42 Å². The van der Waals surface area contributed by atoms with Crippen LogP contribution in [-0.2, 0) is 9.84 Å². The van der Waals surface area contributed by atoms with Gasteiger partial charge in [0.1, 0.15) is 9.84 Å². The number of rotatable bonds is 4. The lowest BCUT2D eigenvalue weighted by atomic mass is 10.1. The summed E-state index contributed by atoms with van der Waals surface area (Å²) >= 11 is 0. The molecule has 1 atom stereocenters. The largest absolute Gasteiger partial charge is 0.327 e. The third-order valence-corrected chi connectivity index (χ3v) is 3.56. The minimum atomic E-state index is -2.80. The molecular weight excluding hydrogens is 200 g/mol. The average molecular weight is 220 g/mol. The molecule has 0 bridgehead atoms. The summed E-state index contributed by atoms with van der Waals surface area (Å²) in [5, 5.41) is 0. The Hall–Kier alpha value is -0.130. The van der Waals surface area contributed by atoms with Gasteiger partial charge < -0.3 is 10.6 Å². The normalized spacial score (nSPS) is 25.1. The van der Waals surface area contributed by atoms with E-state index in [9.17, 15) is 8.42 Å². The molecule has 4 nitrogen and oxygen atoms in total. The van der Waals surface area contributed by atoms with Crippen molar-refractivity contribution >= 4 is 9.84 Å². The molecule has 0 aliphatic carbocycles. The second-order valence-electron chi connectivity index (χ2n) is 4.19. The van der Waals surface area contributed by atoms with E-state index in [2.05, 4.69) is 4.90 Å². The maximum absolute atomic E-state index is 10.9. The van der Waals surface area contributed by atoms with Crippen molar-refractivity contribution in [3.05, 3.63) is 0 Å². The number of nitrogens with two attached hydrogens (primary N) is 1. The Kier molecular flexibility index (Phi) is 4.34. The van der Waals surface area contributed by atoms with Gasteiger partial charge in [0, 0.05) is 18.8 Å². The summed E-state index contributed by atoms with van der Waals surface area (Å²) in [7, 11) is -2.80. The number of nitrogens with zero attached hydrogens (tertiary/aromatic N) is 1. The fourth-order valence-electron chi connectivity index (χ4n) is 1.84. The van der Waals surface area contributed by atoms with Gasteiger partial charge in [-0.3, -0.25) is 0 Å². The van der Waals surface area contributed by atoms with Crippen LogP contribution >= 0.6 is 0 Å². The Balaban J connectivity index is 2.18. The van der Waals surface area contributed by atoms with Crippen LogP contribution in [0.4, 0.5) is 0 Å². The molecule has 0 aromatic heterocycles. The molecule has 0 spiro atoms. The van der Waals surface area contributed by atoms with Gasteiger partial charge in [-0.2, -0.15) is 0 Å². The molecule has 0 aromatic rings. The first-order valence-corrected chi connectivity index (χ1v) is 7.19. The first-order chi connectivity index (χ1) is 6.47. The highest BCUT2D eigenvalue weighted by Gasteiger charge is 2.16. The van der Waals surface area contributed by atoms with Crippen molar-refractivity contribution in [3.8, 4) is 0 Å². The van der Waals surface area contributed by atoms with Crippen molar-refractivity contribution in [1.82, 2.24) is 4.90 Å². The van der Waals surface area contributed by atoms with E-state index in [1.54, 1.807) is 0 Å². The van der Waals surface area contributed by atoms with Crippen LogP contribution in [0.15, 0.2) is 0 Å². The van der Waals surface area contributed by atoms with Crippen LogP contribution in [0.25, 0.3) is 0 Å². The monoisotopic (exact) mass is 220 g/mol. The molecule has 0 saturated carbocycles. The highest BCUT2D eigenvalue weighted by atomic mass is 32.2. The van der Waals surface area contributed by atoms with E-state index in [-0.39, 0.29) is 6.04 Å². The summed E-state index contributed by atoms with van der Waals surface area (Å²) in [6.07, 6.45) is 4.25. The lowest BCUT2D eigenvalue weighted by Gasteiger charge is -2.30. The second kappa shape index (κ2) is 5.09. The molecule has 0 amide bonds. The van der Waals surface area contributed by atoms with Crippen molar-refractivity contribution in [2.45, 2.75) is 25.3 Å². The zero-order valence-electron chi connectivity index (χ0n) is 8.78. The van der Waals surface area contributed by atoms with E-state index in [1.807, 2.05) is 0 Å². The fourth-order valence-corrected chi connectivity index (χ4v) is 2.50. The highest BCUT2D eigenvalue weighted by molar-refractivity contribution is 7.90. The summed E-state index contributed by atoms with van der Waals surface area (Å²) in [6, 6.07) is 0.280. The number of hydrogen-bond acceptors (Lipinski definition) is 4. The van der Waals surface area contributed by atoms with Gasteiger partial charge >= 0.3 is 0 Å². The third-order valence-electron chi connectivity index (χ3n) is 2.53. The van der Waals surface area contributed by atoms with Crippen molar-refractivity contribution in [3.63, 3.8) is 0 Å². The molecule has 14 heavy (non-hydrogen) atoms. The van der Waals surface area contributed by atoms with E-state index in [0.717, 1.165) is 38.9 Å². The maximum Gasteiger partial charge on any atom is 0.147 e. The first kappa shape index (κ1) is 11.9. The van der Waals surface area contributed by atoms with E-state index in [1.165, 1.54) is 6.26 Å². The fraction of sp³-hybridized carbons (Fsp3) is 1.00. The summed E-state index contributed by atoms with van der Waals surface area (Å²) in [5.41, 5.74) is 5.82. The molecule has 0 radical (unpaired) electrons. The summed E-state index contributed by atoms with van der Waals surface area (Å²) in [5.74, 6) is 0.290. The molecule has 5 heteroatoms. The SMILES string of the molecule is CS(=O)(=O)CCCN1CCC[C@@H](N)C1. The second-order valence-corrected chi connectivity index (χ2v) is 6.45. The summed E-state index contributed by atoms with van der Waals surface area (Å²) in [4.78, 5) is 2.26. The summed E-state index contributed by atoms with van der Waals surface area (Å²) in [6.45, 7) is 2.85. The standard InChI is InChI=1S/C9H20N2O2S/c1-14(12,13)7-3-6-11-5-2-4-9(10)8-11/h9H,2-8,10H2,1H3/t9-/m1/s1. The van der Waals surface area contributed by atoms with E-state index >= 15 is 0 Å². The zero-order chi connectivity index (χ0) is 10.6. The van der Waals surface area contributed by atoms with E-state index < -0.39 is 9.84 Å². The molecule has 1 aliphatic rings. The van der Waals surface area contributed by atoms with Gasteiger partial charge in [-0.25, -0.2) is 8.42 Å². The van der Waals surface area contributed by atoms with Crippen molar-refractivity contribution in [2.75, 3.05) is 31.6 Å². The van der Waals surface area contributed by atoms with Gasteiger partial charge in [0.25, 0.3) is 0 Å². The lowest BCUT2D eigenvalue weighted by molar-refractivity contribution is 0.210. The molecule has 0 unspecified atom stereocenters. The van der Waals surface area contributed by atoms with Crippen LogP contribution in [0.1, 0.15) is 19.3 Å². The molecule has 1 fully saturated rings. The van der Waals surface area contributed by atoms with E-state index in [0.29, 0.717) is 5.75 Å². The quantitative estimate of drug-likeness (QED) is 0.715. The van der Waals surface area contributed by atoms with Crippen LogP contribution in [-0.4, -0.2) is 51.0 Å². The maximum atomic E-state index is 10.9. The molecule has 1 heterocycles. The van der Waals surface area contributed by atoms with Crippen LogP contribution < -0.4 is 5.73 Å². The first-order valence-electron chi connectivity index (χ1n) is 5.13. The minimum absolute atomic E-state index is 0.280. The molecule has 1 aliphatic heterocycles. The van der Waals surface area contributed by atoms with Gasteiger partial charge in [0.2, 0.25) is 0 Å². The predicted molar refractivity (Wildman–Crippen MR) is 58.0 cm³/mol. The van der Waals surface area contributed by atoms with Crippen LogP contribution in [0, 0.1) is 0 Å². The van der Waals surface area contributed by atoms with E-state index in [4.69, 9.17) is 5.73 Å². The van der Waals surface area contributed by atoms with Crippen LogP contribution in [0.2, 0.25) is 0 Å². The highest BCUT2D eigenvalue weighted by Crippen LogP contribution is 2.08. The molecule has 1 saturated heterocycles. The molecule has 0 aromatic carbocycles. The topological polar surface area (TPSA) is 63.4 Å². The third kappa shape index (κ3) is 4.93. The molecular formula is C9H20N2O2S. The number of piperidine rings is 1. The van der Waals surface area contributed by atoms with Crippen molar-refractivity contribution in [1.29, 1.82) is 0 Å². The Bertz CT molecular complexity index is 264. The zero-order valence-corrected chi connectivity index (χ0v) is 9.59. The van der Waals surface area contributed by atoms with Crippen molar-refractivity contribution in [2.24, 2.45) is 5.73 Å².